The number of methoxy groups -OCH3 is 1. The zero-order chi connectivity index (χ0) is 31.1. The molecule has 0 spiro atoms. The molecule has 7 nitrogen and oxygen atoms in total. The fourth-order valence-corrected chi connectivity index (χ4v) is 6.74. The number of nitrogens with one attached hydrogen (secondary N) is 1. The number of nitrogens with zero attached hydrogens (tertiary/aromatic N) is 1. The summed E-state index contributed by atoms with van der Waals surface area (Å²) in [5, 5.41) is 14.8. The Morgan fingerprint density at radius 1 is 0.955 bits per heavy atom. The van der Waals surface area contributed by atoms with E-state index in [0.29, 0.717) is 48.7 Å². The van der Waals surface area contributed by atoms with Gasteiger partial charge in [0.15, 0.2) is 5.75 Å². The Labute approximate surface area is 270 Å². The van der Waals surface area contributed by atoms with Crippen LogP contribution in [0.25, 0.3) is 0 Å². The van der Waals surface area contributed by atoms with E-state index in [1.165, 1.54) is 0 Å². The first-order valence-electron chi connectivity index (χ1n) is 15.5. The van der Waals surface area contributed by atoms with Crippen LogP contribution in [0.4, 0.5) is 0 Å². The van der Waals surface area contributed by atoms with Crippen LogP contribution in [0.2, 0.25) is 10.0 Å². The van der Waals surface area contributed by atoms with Crippen LogP contribution in [0.3, 0.4) is 0 Å². The van der Waals surface area contributed by atoms with E-state index < -0.39 is 0 Å². The van der Waals surface area contributed by atoms with Crippen LogP contribution in [0.1, 0.15) is 53.9 Å². The number of carbonyl (C=O) groups is 1. The number of phenolic OH excluding ortho intramolecular Hbond substituents is 1. The second kappa shape index (κ2) is 15.3. The molecule has 1 heterocycles. The summed E-state index contributed by atoms with van der Waals surface area (Å²) in [5.41, 5.74) is 4.14. The molecule has 0 unspecified atom stereocenters. The van der Waals surface area contributed by atoms with Crippen molar-refractivity contribution in [3.63, 3.8) is 0 Å². The number of hydrogen-bond acceptors (Lipinski definition) is 6. The summed E-state index contributed by atoms with van der Waals surface area (Å²) in [6.45, 7) is 5.27. The van der Waals surface area contributed by atoms with Crippen LogP contribution in [0, 0.1) is 12.8 Å². The number of hydrogen-bond donors (Lipinski definition) is 2. The fourth-order valence-electron chi connectivity index (χ4n) is 6.04. The third-order valence-electron chi connectivity index (χ3n) is 8.32. The second-order valence-corrected chi connectivity index (χ2v) is 12.6. The number of aryl methyl sites for hydroxylation is 2. The third kappa shape index (κ3) is 8.60. The van der Waals surface area contributed by atoms with Crippen molar-refractivity contribution >= 4 is 29.1 Å². The van der Waals surface area contributed by atoms with Crippen molar-refractivity contribution in [2.45, 2.75) is 57.5 Å². The number of carbonyl (C=O) groups excluding carboxylic acids is 1. The summed E-state index contributed by atoms with van der Waals surface area (Å²) in [7, 11) is 1.70. The van der Waals surface area contributed by atoms with Crippen molar-refractivity contribution in [2.75, 3.05) is 40.0 Å². The van der Waals surface area contributed by atoms with Crippen LogP contribution < -0.4 is 14.8 Å². The molecule has 2 atom stereocenters. The summed E-state index contributed by atoms with van der Waals surface area (Å²) < 4.78 is 16.9. The van der Waals surface area contributed by atoms with Gasteiger partial charge < -0.3 is 29.5 Å². The van der Waals surface area contributed by atoms with E-state index in [1.54, 1.807) is 19.2 Å². The highest BCUT2D eigenvalue weighted by Gasteiger charge is 2.40. The van der Waals surface area contributed by atoms with Crippen molar-refractivity contribution in [3.8, 4) is 17.2 Å². The Morgan fingerprint density at radius 3 is 2.36 bits per heavy atom. The van der Waals surface area contributed by atoms with Crippen molar-refractivity contribution in [1.82, 2.24) is 10.2 Å². The average Bonchev–Trinajstić information content (AvgIpc) is 3.84. The largest absolute Gasteiger partial charge is 0.508 e. The molecule has 2 N–H and O–H groups in total. The van der Waals surface area contributed by atoms with Gasteiger partial charge in [-0.1, -0.05) is 41.4 Å². The Morgan fingerprint density at radius 2 is 1.66 bits per heavy atom. The number of amides is 1. The molecule has 236 valence electrons. The summed E-state index contributed by atoms with van der Waals surface area (Å²) in [5.74, 6) is 1.58. The van der Waals surface area contributed by atoms with E-state index in [0.717, 1.165) is 66.7 Å². The van der Waals surface area contributed by atoms with Crippen molar-refractivity contribution in [1.29, 1.82) is 0 Å². The molecule has 5 rings (SSSR count). The lowest BCUT2D eigenvalue weighted by atomic mass is 9.80. The Kier molecular flexibility index (Phi) is 11.3. The van der Waals surface area contributed by atoms with Crippen LogP contribution in [0.5, 0.6) is 17.2 Å². The highest BCUT2D eigenvalue weighted by Crippen LogP contribution is 2.37. The number of phenols is 1. The molecule has 44 heavy (non-hydrogen) atoms. The van der Waals surface area contributed by atoms with E-state index in [2.05, 4.69) is 23.5 Å². The highest BCUT2D eigenvalue weighted by atomic mass is 35.5. The molecule has 1 saturated heterocycles. The number of piperidine rings is 1. The average molecular weight is 642 g/mol. The molecular formula is C35H42Cl2N2O5. The first-order chi connectivity index (χ1) is 21.3. The minimum absolute atomic E-state index is 0.113. The van der Waals surface area contributed by atoms with Crippen molar-refractivity contribution < 1.29 is 24.1 Å². The van der Waals surface area contributed by atoms with E-state index in [1.807, 2.05) is 36.1 Å². The molecule has 1 saturated carbocycles. The number of halogens is 2. The SMILES string of the molecule is COCCCc1cc(O)cc(CN(C(=O)[C@H]2CNCC[C@@H]2c2ccc(OCCOc3c(Cl)cc(C)cc3Cl)cc2)C2CC2)c1. The highest BCUT2D eigenvalue weighted by molar-refractivity contribution is 6.37. The molecule has 3 aromatic rings. The third-order valence-corrected chi connectivity index (χ3v) is 8.89. The Bertz CT molecular complexity index is 1390. The van der Waals surface area contributed by atoms with Crippen LogP contribution in [-0.4, -0.2) is 62.0 Å². The summed E-state index contributed by atoms with van der Waals surface area (Å²) in [6.07, 6.45) is 4.64. The summed E-state index contributed by atoms with van der Waals surface area (Å²) >= 11 is 12.5. The maximum Gasteiger partial charge on any atom is 0.228 e. The standard InChI is InChI=1S/C35H42Cl2N2O5/c1-23-16-32(36)34(33(37)17-23)44-15-14-43-29-9-5-26(6-10-29)30-11-12-38-21-31(30)35(41)39(27-7-8-27)22-25-18-24(4-3-13-42-2)19-28(40)20-25/h5-6,9-10,16-20,27,30-31,38,40H,3-4,7-8,11-15,21-22H2,1-2H3/t30-,31+/m1/s1. The van der Waals surface area contributed by atoms with Crippen LogP contribution in [0.15, 0.2) is 54.6 Å². The molecule has 1 aliphatic carbocycles. The van der Waals surface area contributed by atoms with Gasteiger partial charge in [0.05, 0.1) is 16.0 Å². The van der Waals surface area contributed by atoms with Crippen LogP contribution >= 0.6 is 23.2 Å². The van der Waals surface area contributed by atoms with Gasteiger partial charge in [0.25, 0.3) is 0 Å². The molecule has 0 radical (unpaired) electrons. The predicted molar refractivity (Wildman–Crippen MR) is 174 cm³/mol. The molecular weight excluding hydrogens is 599 g/mol. The molecule has 3 aromatic carbocycles. The summed E-state index contributed by atoms with van der Waals surface area (Å²) in [6, 6.07) is 17.7. The van der Waals surface area contributed by atoms with Gasteiger partial charge >= 0.3 is 0 Å². The molecule has 1 amide bonds. The van der Waals surface area contributed by atoms with Gasteiger partial charge in [-0.2, -0.15) is 0 Å². The second-order valence-electron chi connectivity index (χ2n) is 11.8. The fraction of sp³-hybridized carbons (Fsp3) is 0.457. The topological polar surface area (TPSA) is 80.3 Å². The molecule has 2 fully saturated rings. The minimum Gasteiger partial charge on any atom is -0.508 e. The van der Waals surface area contributed by atoms with Gasteiger partial charge in [-0.25, -0.2) is 0 Å². The normalized spacial score (nSPS) is 18.2. The molecule has 0 aromatic heterocycles. The number of ether oxygens (including phenoxy) is 3. The van der Waals surface area contributed by atoms with E-state index in [4.69, 9.17) is 37.4 Å². The molecule has 2 aliphatic rings. The number of aromatic hydroxyl groups is 1. The lowest BCUT2D eigenvalue weighted by molar-refractivity contribution is -0.138. The molecule has 9 heteroatoms. The van der Waals surface area contributed by atoms with E-state index >= 15 is 0 Å². The first kappa shape index (κ1) is 32.4. The zero-order valence-corrected chi connectivity index (χ0v) is 27.0. The van der Waals surface area contributed by atoms with Gasteiger partial charge in [0.1, 0.15) is 24.7 Å². The number of benzene rings is 3. The lowest BCUT2D eigenvalue weighted by Crippen LogP contribution is -2.47. The smallest absolute Gasteiger partial charge is 0.228 e. The first-order valence-corrected chi connectivity index (χ1v) is 16.2. The Hall–Kier alpha value is -2.97. The molecule has 0 bridgehead atoms. The van der Waals surface area contributed by atoms with Gasteiger partial charge in [0, 0.05) is 32.8 Å². The monoisotopic (exact) mass is 640 g/mol. The maximum absolute atomic E-state index is 14.1. The molecule has 1 aliphatic heterocycles. The Balaban J connectivity index is 1.21. The van der Waals surface area contributed by atoms with Crippen molar-refractivity contribution in [3.05, 3.63) is 86.9 Å². The van der Waals surface area contributed by atoms with Crippen molar-refractivity contribution in [2.24, 2.45) is 5.92 Å². The predicted octanol–water partition coefficient (Wildman–Crippen LogP) is 6.93. The van der Waals surface area contributed by atoms with Gasteiger partial charge in [0.2, 0.25) is 5.91 Å². The summed E-state index contributed by atoms with van der Waals surface area (Å²) in [4.78, 5) is 16.2. The number of rotatable bonds is 14. The van der Waals surface area contributed by atoms with E-state index in [9.17, 15) is 9.90 Å². The van der Waals surface area contributed by atoms with Gasteiger partial charge in [-0.05, 0) is 110 Å². The quantitative estimate of drug-likeness (QED) is 0.186. The lowest BCUT2D eigenvalue weighted by Gasteiger charge is -2.36. The minimum atomic E-state index is -0.160. The zero-order valence-electron chi connectivity index (χ0n) is 25.5. The van der Waals surface area contributed by atoms with Gasteiger partial charge in [-0.3, -0.25) is 4.79 Å². The van der Waals surface area contributed by atoms with Crippen LogP contribution in [-0.2, 0) is 22.5 Å². The van der Waals surface area contributed by atoms with E-state index in [-0.39, 0.29) is 29.5 Å². The maximum atomic E-state index is 14.1. The van der Waals surface area contributed by atoms with Gasteiger partial charge in [-0.15, -0.1) is 0 Å².